The van der Waals surface area contributed by atoms with E-state index in [1.165, 1.54) is 19.2 Å². The molecule has 0 saturated carbocycles. The molecule has 3 aromatic rings. The molecule has 2 aromatic carbocycles. The molecule has 1 heterocycles. The van der Waals surface area contributed by atoms with E-state index in [1.54, 1.807) is 30.5 Å². The van der Waals surface area contributed by atoms with Gasteiger partial charge in [0.15, 0.2) is 5.60 Å². The lowest BCUT2D eigenvalue weighted by Crippen LogP contribution is -2.39. The number of aryl methyl sites for hydroxylation is 2. The summed E-state index contributed by atoms with van der Waals surface area (Å²) in [6, 6.07) is 13.6. The quantitative estimate of drug-likeness (QED) is 0.530. The molecule has 0 spiro atoms. The Morgan fingerprint density at radius 2 is 1.71 bits per heavy atom. The van der Waals surface area contributed by atoms with Gasteiger partial charge < -0.3 is 9.47 Å². The molecule has 8 heteroatoms. The number of methoxy groups -OCH3 is 1. The van der Waals surface area contributed by atoms with E-state index in [2.05, 4.69) is 10.2 Å². The molecular weight excluding hydrogens is 401 g/mol. The van der Waals surface area contributed by atoms with Gasteiger partial charge in [-0.05, 0) is 62.1 Å². The first-order chi connectivity index (χ1) is 14.8. The average Bonchev–Trinajstić information content (AvgIpc) is 3.09. The largest absolute Gasteiger partial charge is 0.476 e. The number of nitrogens with one attached hydrogen (secondary N) is 1. The van der Waals surface area contributed by atoms with E-state index in [0.29, 0.717) is 24.5 Å². The zero-order valence-corrected chi connectivity index (χ0v) is 17.9. The number of H-pyrrole nitrogens is 1. The predicted molar refractivity (Wildman–Crippen MR) is 114 cm³/mol. The van der Waals surface area contributed by atoms with Gasteiger partial charge in [-0.2, -0.15) is 5.10 Å². The second-order valence-electron chi connectivity index (χ2n) is 7.76. The Labute approximate surface area is 179 Å². The lowest BCUT2D eigenvalue weighted by molar-refractivity contribution is -0.156. The highest BCUT2D eigenvalue weighted by atomic mass is 19.1. The van der Waals surface area contributed by atoms with Crippen LogP contribution in [0.3, 0.4) is 0 Å². The highest BCUT2D eigenvalue weighted by Crippen LogP contribution is 2.21. The minimum atomic E-state index is -1.07. The number of benzene rings is 2. The van der Waals surface area contributed by atoms with Crippen LogP contribution in [0.4, 0.5) is 4.39 Å². The zero-order valence-electron chi connectivity index (χ0n) is 17.9. The molecule has 164 valence electrons. The Morgan fingerprint density at radius 3 is 2.35 bits per heavy atom. The van der Waals surface area contributed by atoms with Crippen molar-refractivity contribution >= 4 is 5.97 Å². The number of nitrogens with zero attached hydrogens (tertiary/aromatic N) is 2. The first-order valence-electron chi connectivity index (χ1n) is 10.0. The van der Waals surface area contributed by atoms with Crippen molar-refractivity contribution < 1.29 is 18.7 Å². The van der Waals surface area contributed by atoms with Crippen molar-refractivity contribution in [2.75, 3.05) is 7.11 Å². The van der Waals surface area contributed by atoms with Gasteiger partial charge >= 0.3 is 11.7 Å². The van der Waals surface area contributed by atoms with Gasteiger partial charge in [0.1, 0.15) is 17.4 Å². The zero-order chi connectivity index (χ0) is 22.4. The van der Waals surface area contributed by atoms with E-state index in [1.807, 2.05) is 24.3 Å². The number of carbonyl (C=O) groups excluding carboxylic acids is 1. The Hall–Kier alpha value is -3.42. The maximum absolute atomic E-state index is 13.1. The molecule has 0 fully saturated rings. The fourth-order valence-corrected chi connectivity index (χ4v) is 3.23. The summed E-state index contributed by atoms with van der Waals surface area (Å²) in [5.41, 5.74) is 0.585. The molecular formula is C23H26FN3O4. The van der Waals surface area contributed by atoms with Gasteiger partial charge in [-0.1, -0.05) is 24.3 Å². The second kappa shape index (κ2) is 9.59. The van der Waals surface area contributed by atoms with Crippen LogP contribution in [0, 0.1) is 5.82 Å². The van der Waals surface area contributed by atoms with Gasteiger partial charge in [0.2, 0.25) is 0 Å². The third-order valence-corrected chi connectivity index (χ3v) is 4.93. The monoisotopic (exact) mass is 427 g/mol. The highest BCUT2D eigenvalue weighted by molar-refractivity contribution is 5.78. The van der Waals surface area contributed by atoms with Crippen molar-refractivity contribution in [1.82, 2.24) is 14.8 Å². The molecule has 7 nitrogen and oxygen atoms in total. The number of aromatic amines is 1. The molecule has 1 aromatic heterocycles. The minimum Gasteiger partial charge on any atom is -0.476 e. The van der Waals surface area contributed by atoms with Crippen LogP contribution in [0.25, 0.3) is 0 Å². The van der Waals surface area contributed by atoms with Crippen molar-refractivity contribution in [3.8, 4) is 5.75 Å². The smallest absolute Gasteiger partial charge is 0.349 e. The number of rotatable bonds is 9. The van der Waals surface area contributed by atoms with E-state index in [4.69, 9.17) is 9.47 Å². The van der Waals surface area contributed by atoms with Gasteiger partial charge in [0, 0.05) is 6.42 Å². The SMILES string of the molecule is COC(=O)C(C)(C)Oc1ccc(CCCc2n[nH]c(=O)n2Cc2ccc(F)cc2)cc1. The van der Waals surface area contributed by atoms with Crippen molar-refractivity contribution in [2.24, 2.45) is 0 Å². The summed E-state index contributed by atoms with van der Waals surface area (Å²) in [7, 11) is 1.33. The van der Waals surface area contributed by atoms with Crippen LogP contribution in [0.5, 0.6) is 5.75 Å². The van der Waals surface area contributed by atoms with E-state index in [0.717, 1.165) is 24.0 Å². The summed E-state index contributed by atoms with van der Waals surface area (Å²) in [5, 5.41) is 6.62. The molecule has 0 aliphatic heterocycles. The lowest BCUT2D eigenvalue weighted by atomic mass is 10.1. The van der Waals surface area contributed by atoms with E-state index in [9.17, 15) is 14.0 Å². The first-order valence-corrected chi connectivity index (χ1v) is 10.0. The Balaban J connectivity index is 1.57. The van der Waals surface area contributed by atoms with Gasteiger partial charge in [0.05, 0.1) is 13.7 Å². The highest BCUT2D eigenvalue weighted by Gasteiger charge is 2.30. The Bertz CT molecular complexity index is 1070. The van der Waals surface area contributed by atoms with Crippen LogP contribution in [0.15, 0.2) is 53.3 Å². The number of carbonyl (C=O) groups is 1. The lowest BCUT2D eigenvalue weighted by Gasteiger charge is -2.23. The third kappa shape index (κ3) is 5.81. The normalized spacial score (nSPS) is 11.4. The van der Waals surface area contributed by atoms with E-state index in [-0.39, 0.29) is 11.5 Å². The molecule has 3 rings (SSSR count). The van der Waals surface area contributed by atoms with Gasteiger partial charge in [-0.3, -0.25) is 4.57 Å². The summed E-state index contributed by atoms with van der Waals surface area (Å²) in [4.78, 5) is 23.8. The summed E-state index contributed by atoms with van der Waals surface area (Å²) in [5.74, 6) is 0.491. The molecule has 0 unspecified atom stereocenters. The van der Waals surface area contributed by atoms with Crippen molar-refractivity contribution in [3.63, 3.8) is 0 Å². The summed E-state index contributed by atoms with van der Waals surface area (Å²) in [6.45, 7) is 3.65. The number of aromatic nitrogens is 3. The molecule has 31 heavy (non-hydrogen) atoms. The number of esters is 1. The standard InChI is InChI=1S/C23H26FN3O4/c1-23(2,21(28)30-3)31-19-13-9-16(10-14-19)5-4-6-20-25-26-22(29)27(20)15-17-7-11-18(24)12-8-17/h7-14H,4-6,15H2,1-3H3,(H,26,29). The number of halogens is 1. The van der Waals surface area contributed by atoms with Crippen LogP contribution < -0.4 is 10.4 Å². The maximum Gasteiger partial charge on any atom is 0.349 e. The minimum absolute atomic E-state index is 0.283. The van der Waals surface area contributed by atoms with E-state index >= 15 is 0 Å². The summed E-state index contributed by atoms with van der Waals surface area (Å²) in [6.07, 6.45) is 2.20. The van der Waals surface area contributed by atoms with Crippen LogP contribution in [0.2, 0.25) is 0 Å². The fraction of sp³-hybridized carbons (Fsp3) is 0.348. The van der Waals surface area contributed by atoms with Crippen LogP contribution >= 0.6 is 0 Å². The molecule has 0 radical (unpaired) electrons. The van der Waals surface area contributed by atoms with Gasteiger partial charge in [-0.25, -0.2) is 19.1 Å². The maximum atomic E-state index is 13.1. The fourth-order valence-electron chi connectivity index (χ4n) is 3.23. The topological polar surface area (TPSA) is 86.2 Å². The number of ether oxygens (including phenoxy) is 2. The van der Waals surface area contributed by atoms with Crippen LogP contribution in [-0.4, -0.2) is 33.4 Å². The van der Waals surface area contributed by atoms with Gasteiger partial charge in [0.25, 0.3) is 0 Å². The Kier molecular flexibility index (Phi) is 6.89. The molecule has 1 N–H and O–H groups in total. The third-order valence-electron chi connectivity index (χ3n) is 4.93. The van der Waals surface area contributed by atoms with Crippen LogP contribution in [-0.2, 0) is 28.9 Å². The molecule has 0 saturated heterocycles. The van der Waals surface area contributed by atoms with Crippen molar-refractivity contribution in [3.05, 3.63) is 81.8 Å². The van der Waals surface area contributed by atoms with Gasteiger partial charge in [-0.15, -0.1) is 0 Å². The molecule has 0 amide bonds. The first kappa shape index (κ1) is 22.3. The van der Waals surface area contributed by atoms with Crippen LogP contribution in [0.1, 0.15) is 37.2 Å². The number of hydrogen-bond acceptors (Lipinski definition) is 5. The molecule has 0 aliphatic carbocycles. The average molecular weight is 427 g/mol. The number of hydrogen-bond donors (Lipinski definition) is 1. The summed E-state index contributed by atoms with van der Waals surface area (Å²) >= 11 is 0. The molecule has 0 atom stereocenters. The molecule has 0 bridgehead atoms. The summed E-state index contributed by atoms with van der Waals surface area (Å²) < 4.78 is 25.1. The second-order valence-corrected chi connectivity index (χ2v) is 7.76. The van der Waals surface area contributed by atoms with Crippen molar-refractivity contribution in [2.45, 2.75) is 45.3 Å². The van der Waals surface area contributed by atoms with E-state index < -0.39 is 11.6 Å². The predicted octanol–water partition coefficient (Wildman–Crippen LogP) is 3.26. The molecule has 0 aliphatic rings. The van der Waals surface area contributed by atoms with Crippen molar-refractivity contribution in [1.29, 1.82) is 0 Å². The Morgan fingerprint density at radius 1 is 1.06 bits per heavy atom.